The Morgan fingerprint density at radius 2 is 1.73 bits per heavy atom. The molecule has 316 valence electrons. The molecular formula is C43H44ClF3N6O6S. The number of aromatic nitrogens is 1. The molecule has 0 radical (unpaired) electrons. The smallest absolute Gasteiger partial charge is 0.390 e. The number of nitro groups is 1. The van der Waals surface area contributed by atoms with Gasteiger partial charge in [-0.2, -0.15) is 13.2 Å². The van der Waals surface area contributed by atoms with Crippen molar-refractivity contribution >= 4 is 61.1 Å². The van der Waals surface area contributed by atoms with Crippen LogP contribution in [0, 0.1) is 15.5 Å². The summed E-state index contributed by atoms with van der Waals surface area (Å²) >= 11 is 6.22. The number of ether oxygens (including phenoxy) is 1. The number of allylic oxidation sites excluding steroid dienone is 1. The van der Waals surface area contributed by atoms with Gasteiger partial charge in [0.2, 0.25) is 0 Å². The van der Waals surface area contributed by atoms with Crippen LogP contribution in [0.4, 0.5) is 30.2 Å². The molecule has 7 rings (SSSR count). The summed E-state index contributed by atoms with van der Waals surface area (Å²) in [7, 11) is -4.72. The summed E-state index contributed by atoms with van der Waals surface area (Å²) in [6.45, 7) is 7.73. The molecule has 4 aromatic carbocycles. The monoisotopic (exact) mass is 864 g/mol. The number of halogens is 4. The van der Waals surface area contributed by atoms with Crippen LogP contribution in [0.2, 0.25) is 5.02 Å². The Morgan fingerprint density at radius 1 is 0.983 bits per heavy atom. The number of nitrogens with zero attached hydrogens (tertiary/aromatic N) is 3. The number of hydrogen-bond acceptors (Lipinski definition) is 9. The number of H-pyrrole nitrogens is 1. The number of amides is 1. The van der Waals surface area contributed by atoms with E-state index >= 15 is 0 Å². The number of anilines is 2. The minimum Gasteiger partial charge on any atom is -0.456 e. The maximum Gasteiger partial charge on any atom is 0.390 e. The Morgan fingerprint density at radius 3 is 2.45 bits per heavy atom. The molecular weight excluding hydrogens is 821 g/mol. The van der Waals surface area contributed by atoms with Crippen molar-refractivity contribution in [2.75, 3.05) is 49.5 Å². The van der Waals surface area contributed by atoms with Crippen molar-refractivity contribution in [1.29, 1.82) is 0 Å². The summed E-state index contributed by atoms with van der Waals surface area (Å²) < 4.78 is 73.4. The third-order valence-corrected chi connectivity index (χ3v) is 12.5. The lowest BCUT2D eigenvalue weighted by Crippen LogP contribution is -2.47. The second-order valence-corrected chi connectivity index (χ2v) is 18.0. The van der Waals surface area contributed by atoms with Crippen LogP contribution in [0.3, 0.4) is 0 Å². The molecule has 0 spiro atoms. The van der Waals surface area contributed by atoms with E-state index in [0.29, 0.717) is 29.9 Å². The molecule has 0 atom stereocenters. The molecule has 1 fully saturated rings. The number of carbonyl (C=O) groups is 1. The van der Waals surface area contributed by atoms with Crippen molar-refractivity contribution in [2.45, 2.75) is 50.6 Å². The molecule has 60 heavy (non-hydrogen) atoms. The summed E-state index contributed by atoms with van der Waals surface area (Å²) in [5.41, 5.74) is 4.56. The maximum absolute atomic E-state index is 13.8. The quantitative estimate of drug-likeness (QED) is 0.0777. The number of sulfonamides is 1. The fourth-order valence-corrected chi connectivity index (χ4v) is 8.81. The molecule has 1 amide bonds. The minimum atomic E-state index is -4.72. The summed E-state index contributed by atoms with van der Waals surface area (Å²) in [4.78, 5) is 31.8. The van der Waals surface area contributed by atoms with Gasteiger partial charge in [0.15, 0.2) is 0 Å². The average Bonchev–Trinajstić information content (AvgIpc) is 3.69. The van der Waals surface area contributed by atoms with Crippen LogP contribution in [0.25, 0.3) is 16.5 Å². The number of aromatic amines is 1. The highest BCUT2D eigenvalue weighted by Gasteiger charge is 2.31. The molecule has 1 aromatic heterocycles. The molecule has 3 N–H and O–H groups in total. The lowest BCUT2D eigenvalue weighted by Gasteiger charge is -2.39. The molecule has 0 saturated carbocycles. The van der Waals surface area contributed by atoms with Gasteiger partial charge in [-0.05, 0) is 90.4 Å². The number of nitro benzene ring substituents is 1. The van der Waals surface area contributed by atoms with E-state index in [4.69, 9.17) is 16.3 Å². The van der Waals surface area contributed by atoms with E-state index in [1.807, 2.05) is 29.0 Å². The molecule has 1 aliphatic carbocycles. The first kappa shape index (κ1) is 42.5. The molecule has 2 heterocycles. The number of nitrogens with one attached hydrogen (secondary N) is 3. The third kappa shape index (κ3) is 10.1. The van der Waals surface area contributed by atoms with Crippen LogP contribution >= 0.6 is 11.6 Å². The first-order valence-corrected chi connectivity index (χ1v) is 21.3. The van der Waals surface area contributed by atoms with Gasteiger partial charge in [0.05, 0.1) is 21.8 Å². The molecule has 12 nitrogen and oxygen atoms in total. The summed E-state index contributed by atoms with van der Waals surface area (Å²) in [5, 5.41) is 15.6. The van der Waals surface area contributed by atoms with Crippen molar-refractivity contribution in [3.8, 4) is 11.5 Å². The fraction of sp³-hybridized carbons (Fsp3) is 0.326. The zero-order chi connectivity index (χ0) is 42.8. The predicted molar refractivity (Wildman–Crippen MR) is 226 cm³/mol. The Hall–Kier alpha value is -5.58. The van der Waals surface area contributed by atoms with Crippen molar-refractivity contribution in [3.63, 3.8) is 0 Å². The number of alkyl halides is 3. The van der Waals surface area contributed by atoms with Crippen LogP contribution in [-0.2, 0) is 10.0 Å². The second-order valence-electron chi connectivity index (χ2n) is 15.8. The van der Waals surface area contributed by atoms with Crippen LogP contribution in [0.1, 0.15) is 55.5 Å². The zero-order valence-corrected chi connectivity index (χ0v) is 34.5. The van der Waals surface area contributed by atoms with Gasteiger partial charge < -0.3 is 19.9 Å². The number of rotatable bonds is 13. The molecule has 1 saturated heterocycles. The number of fused-ring (bicyclic) bond motifs is 1. The zero-order valence-electron chi connectivity index (χ0n) is 32.9. The molecule has 5 aromatic rings. The highest BCUT2D eigenvalue weighted by molar-refractivity contribution is 7.90. The number of piperazine rings is 1. The lowest BCUT2D eigenvalue weighted by molar-refractivity contribution is -0.384. The van der Waals surface area contributed by atoms with Crippen LogP contribution in [0.5, 0.6) is 11.5 Å². The predicted octanol–water partition coefficient (Wildman–Crippen LogP) is 9.79. The van der Waals surface area contributed by atoms with Gasteiger partial charge in [0.1, 0.15) is 17.2 Å². The third-order valence-electron chi connectivity index (χ3n) is 10.9. The van der Waals surface area contributed by atoms with Crippen molar-refractivity contribution in [2.24, 2.45) is 5.41 Å². The first-order chi connectivity index (χ1) is 28.4. The van der Waals surface area contributed by atoms with Crippen molar-refractivity contribution in [3.05, 3.63) is 123 Å². The van der Waals surface area contributed by atoms with Crippen LogP contribution in [0.15, 0.2) is 102 Å². The molecule has 1 aliphatic heterocycles. The lowest BCUT2D eigenvalue weighted by atomic mass is 9.72. The van der Waals surface area contributed by atoms with Gasteiger partial charge in [0, 0.05) is 79.2 Å². The number of carbonyl (C=O) groups excluding carboxylic acids is 1. The van der Waals surface area contributed by atoms with Gasteiger partial charge in [-0.1, -0.05) is 49.2 Å². The van der Waals surface area contributed by atoms with Gasteiger partial charge in [-0.15, -0.1) is 0 Å². The van der Waals surface area contributed by atoms with E-state index in [0.717, 1.165) is 67.6 Å². The summed E-state index contributed by atoms with van der Waals surface area (Å²) in [6.07, 6.45) is -0.910. The number of benzene rings is 4. The SMILES string of the molecule is CC1(C)CCC(CN2CCN(c3ccc(C(=O)NS(=O)(=O)c4ccc(NCCC(F)(F)F)c([N+](=O)[O-])c4)c(Oc4cccc5[nH]ccc45)c3)CC2)=C(c2ccc(Cl)cc2)C1. The topological polar surface area (TPSA) is 150 Å². The van der Waals surface area contributed by atoms with E-state index in [-0.39, 0.29) is 22.4 Å². The van der Waals surface area contributed by atoms with Gasteiger partial charge in [0.25, 0.3) is 21.6 Å². The van der Waals surface area contributed by atoms with E-state index in [9.17, 15) is 36.5 Å². The van der Waals surface area contributed by atoms with Crippen LogP contribution in [-0.4, -0.2) is 74.6 Å². The Bertz CT molecular complexity index is 2550. The van der Waals surface area contributed by atoms with Gasteiger partial charge in [-0.3, -0.25) is 19.8 Å². The Kier molecular flexibility index (Phi) is 12.2. The van der Waals surface area contributed by atoms with E-state index in [2.05, 4.69) is 46.1 Å². The molecule has 0 unspecified atom stereocenters. The fourth-order valence-electron chi connectivity index (χ4n) is 7.70. The molecule has 17 heteroatoms. The van der Waals surface area contributed by atoms with E-state index < -0.39 is 50.6 Å². The highest BCUT2D eigenvalue weighted by atomic mass is 35.5. The van der Waals surface area contributed by atoms with Gasteiger partial charge >= 0.3 is 6.18 Å². The van der Waals surface area contributed by atoms with E-state index in [1.54, 1.807) is 30.5 Å². The summed E-state index contributed by atoms with van der Waals surface area (Å²) in [6, 6.07) is 22.8. The largest absolute Gasteiger partial charge is 0.456 e. The maximum atomic E-state index is 13.8. The minimum absolute atomic E-state index is 0.0779. The second kappa shape index (κ2) is 17.2. The average molecular weight is 865 g/mol. The first-order valence-electron chi connectivity index (χ1n) is 19.4. The van der Waals surface area contributed by atoms with Crippen LogP contribution < -0.4 is 19.7 Å². The molecule has 0 bridgehead atoms. The van der Waals surface area contributed by atoms with Gasteiger partial charge in [-0.25, -0.2) is 13.1 Å². The highest BCUT2D eigenvalue weighted by Crippen LogP contribution is 2.43. The van der Waals surface area contributed by atoms with Crippen molar-refractivity contribution < 1.29 is 36.0 Å². The summed E-state index contributed by atoms with van der Waals surface area (Å²) in [5.74, 6) is -0.565. The molecule has 2 aliphatic rings. The Labute approximate surface area is 350 Å². The van der Waals surface area contributed by atoms with E-state index in [1.165, 1.54) is 22.8 Å². The standard InChI is InChI=1S/C43H44ClF3N6O6S/c1-42(2)16-14-29(35(26-42)28-6-8-30(44)9-7-28)27-51-20-22-52(23-21-51)31-10-12-34(40(24-31)59-39-5-3-4-36-33(39)15-18-48-36)41(54)50-60(57,58)32-11-13-37(38(25-32)53(55)56)49-19-17-43(45,46)47/h3-13,15,18,24-25,48-49H,14,16-17,19-23,26-27H2,1-2H3,(H,50,54). The Balaban J connectivity index is 1.11. The number of hydrogen-bond donors (Lipinski definition) is 3. The normalized spacial score (nSPS) is 16.2. The van der Waals surface area contributed by atoms with Crippen molar-refractivity contribution in [1.82, 2.24) is 14.6 Å².